The SMILES string of the molecule is C1CC1N1CC2CC1CN2. The Labute approximate surface area is 61.6 Å². The maximum absolute atomic E-state index is 3.53. The van der Waals surface area contributed by atoms with Crippen LogP contribution >= 0.6 is 0 Å². The quantitative estimate of drug-likeness (QED) is 0.556. The molecule has 0 amide bonds. The molecular weight excluding hydrogens is 124 g/mol. The highest BCUT2D eigenvalue weighted by Gasteiger charge is 2.43. The van der Waals surface area contributed by atoms with Crippen LogP contribution in [0.3, 0.4) is 0 Å². The lowest BCUT2D eigenvalue weighted by Crippen LogP contribution is -2.44. The number of nitrogens with zero attached hydrogens (tertiary/aromatic N) is 1. The summed E-state index contributed by atoms with van der Waals surface area (Å²) in [7, 11) is 0. The molecule has 1 N–H and O–H groups in total. The number of piperazine rings is 1. The van der Waals surface area contributed by atoms with Crippen molar-refractivity contribution in [1.82, 2.24) is 10.2 Å². The summed E-state index contributed by atoms with van der Waals surface area (Å²) in [5.74, 6) is 0. The Morgan fingerprint density at radius 2 is 2.10 bits per heavy atom. The van der Waals surface area contributed by atoms with E-state index in [1.165, 1.54) is 32.4 Å². The highest BCUT2D eigenvalue weighted by atomic mass is 15.3. The second-order valence-electron chi connectivity index (χ2n) is 3.92. The highest BCUT2D eigenvalue weighted by molar-refractivity contribution is 5.02. The van der Waals surface area contributed by atoms with Crippen LogP contribution in [0.2, 0.25) is 0 Å². The Morgan fingerprint density at radius 3 is 2.60 bits per heavy atom. The van der Waals surface area contributed by atoms with E-state index in [1.807, 2.05) is 0 Å². The van der Waals surface area contributed by atoms with E-state index in [4.69, 9.17) is 0 Å². The number of rotatable bonds is 1. The van der Waals surface area contributed by atoms with Gasteiger partial charge in [0.05, 0.1) is 0 Å². The predicted octanol–water partition coefficient (Wildman–Crippen LogP) is 0.195. The molecule has 3 rings (SSSR count). The Hall–Kier alpha value is -0.0800. The van der Waals surface area contributed by atoms with Gasteiger partial charge in [-0.15, -0.1) is 0 Å². The summed E-state index contributed by atoms with van der Waals surface area (Å²) in [5, 5.41) is 3.53. The lowest BCUT2D eigenvalue weighted by Gasteiger charge is -2.26. The van der Waals surface area contributed by atoms with Gasteiger partial charge in [-0.25, -0.2) is 0 Å². The number of hydrogen-bond acceptors (Lipinski definition) is 2. The summed E-state index contributed by atoms with van der Waals surface area (Å²) >= 11 is 0. The van der Waals surface area contributed by atoms with Crippen LogP contribution < -0.4 is 5.32 Å². The summed E-state index contributed by atoms with van der Waals surface area (Å²) in [5.41, 5.74) is 0. The van der Waals surface area contributed by atoms with Crippen molar-refractivity contribution in [3.63, 3.8) is 0 Å². The van der Waals surface area contributed by atoms with Crippen molar-refractivity contribution in [3.8, 4) is 0 Å². The predicted molar refractivity (Wildman–Crippen MR) is 39.9 cm³/mol. The van der Waals surface area contributed by atoms with Gasteiger partial charge in [-0.1, -0.05) is 0 Å². The smallest absolute Gasteiger partial charge is 0.0239 e. The average Bonchev–Trinajstić information content (AvgIpc) is 2.60. The molecule has 1 aliphatic carbocycles. The minimum atomic E-state index is 0.852. The monoisotopic (exact) mass is 138 g/mol. The van der Waals surface area contributed by atoms with Gasteiger partial charge in [-0.05, 0) is 19.3 Å². The number of likely N-dealkylation sites (tertiary alicyclic amines) is 1. The van der Waals surface area contributed by atoms with Gasteiger partial charge in [0.1, 0.15) is 0 Å². The number of fused-ring (bicyclic) bond motifs is 2. The molecule has 0 spiro atoms. The Bertz CT molecular complexity index is 153. The maximum atomic E-state index is 3.53. The van der Waals surface area contributed by atoms with Gasteiger partial charge in [0.25, 0.3) is 0 Å². The van der Waals surface area contributed by atoms with E-state index in [1.54, 1.807) is 0 Å². The summed E-state index contributed by atoms with van der Waals surface area (Å²) in [6.07, 6.45) is 4.38. The van der Waals surface area contributed by atoms with Gasteiger partial charge in [-0.3, -0.25) is 4.90 Å². The molecule has 10 heavy (non-hydrogen) atoms. The molecule has 3 aliphatic rings. The lowest BCUT2D eigenvalue weighted by atomic mass is 10.2. The van der Waals surface area contributed by atoms with Gasteiger partial charge < -0.3 is 5.32 Å². The van der Waals surface area contributed by atoms with Crippen LogP contribution in [0.1, 0.15) is 19.3 Å². The average molecular weight is 138 g/mol. The summed E-state index contributed by atoms with van der Waals surface area (Å²) in [6.45, 7) is 2.61. The molecule has 0 radical (unpaired) electrons. The van der Waals surface area contributed by atoms with Crippen LogP contribution in [0.15, 0.2) is 0 Å². The van der Waals surface area contributed by atoms with Crippen LogP contribution in [0.4, 0.5) is 0 Å². The van der Waals surface area contributed by atoms with E-state index >= 15 is 0 Å². The fourth-order valence-corrected chi connectivity index (χ4v) is 2.45. The van der Waals surface area contributed by atoms with Gasteiger partial charge in [0, 0.05) is 31.2 Å². The van der Waals surface area contributed by atoms with Crippen LogP contribution in [-0.2, 0) is 0 Å². The third-order valence-electron chi connectivity index (χ3n) is 3.11. The molecule has 0 aromatic carbocycles. The third-order valence-corrected chi connectivity index (χ3v) is 3.11. The molecule has 2 nitrogen and oxygen atoms in total. The fraction of sp³-hybridized carbons (Fsp3) is 1.00. The van der Waals surface area contributed by atoms with Crippen LogP contribution in [0.25, 0.3) is 0 Å². The Morgan fingerprint density at radius 1 is 1.20 bits per heavy atom. The standard InChI is InChI=1S/C8H14N2/c1-2-7(1)10-5-6-3-8(10)4-9-6/h6-9H,1-5H2. The maximum Gasteiger partial charge on any atom is 0.0239 e. The van der Waals surface area contributed by atoms with Crippen molar-refractivity contribution in [2.24, 2.45) is 0 Å². The molecule has 56 valence electrons. The molecule has 2 saturated heterocycles. The number of hydrogen-bond donors (Lipinski definition) is 1. The highest BCUT2D eigenvalue weighted by Crippen LogP contribution is 2.35. The normalized spacial score (nSPS) is 46.8. The molecule has 2 bridgehead atoms. The summed E-state index contributed by atoms with van der Waals surface area (Å²) in [6, 6.07) is 2.76. The van der Waals surface area contributed by atoms with E-state index in [0.717, 1.165) is 18.1 Å². The zero-order valence-corrected chi connectivity index (χ0v) is 6.21. The molecule has 2 heterocycles. The molecular formula is C8H14N2. The van der Waals surface area contributed by atoms with Crippen molar-refractivity contribution in [3.05, 3.63) is 0 Å². The second-order valence-corrected chi connectivity index (χ2v) is 3.92. The van der Waals surface area contributed by atoms with Gasteiger partial charge >= 0.3 is 0 Å². The molecule has 2 heteroatoms. The van der Waals surface area contributed by atoms with E-state index in [9.17, 15) is 0 Å². The van der Waals surface area contributed by atoms with Crippen LogP contribution in [0.5, 0.6) is 0 Å². The summed E-state index contributed by atoms with van der Waals surface area (Å²) < 4.78 is 0. The zero-order valence-electron chi connectivity index (χ0n) is 6.21. The third kappa shape index (κ3) is 0.663. The topological polar surface area (TPSA) is 15.3 Å². The number of nitrogens with one attached hydrogen (secondary N) is 1. The van der Waals surface area contributed by atoms with Crippen molar-refractivity contribution < 1.29 is 0 Å². The molecule has 0 aromatic heterocycles. The van der Waals surface area contributed by atoms with Crippen molar-refractivity contribution in [2.75, 3.05) is 13.1 Å². The van der Waals surface area contributed by atoms with Crippen LogP contribution in [-0.4, -0.2) is 36.1 Å². The molecule has 0 aromatic rings. The molecule has 3 fully saturated rings. The van der Waals surface area contributed by atoms with Crippen LogP contribution in [0, 0.1) is 0 Å². The van der Waals surface area contributed by atoms with Crippen molar-refractivity contribution in [1.29, 1.82) is 0 Å². The van der Waals surface area contributed by atoms with E-state index in [0.29, 0.717) is 0 Å². The Kier molecular flexibility index (Phi) is 0.968. The first-order valence-corrected chi connectivity index (χ1v) is 4.42. The first-order chi connectivity index (χ1) is 4.93. The largest absolute Gasteiger partial charge is 0.311 e. The molecule has 1 saturated carbocycles. The van der Waals surface area contributed by atoms with E-state index in [2.05, 4.69) is 10.2 Å². The van der Waals surface area contributed by atoms with Gasteiger partial charge in [-0.2, -0.15) is 0 Å². The molecule has 2 atom stereocenters. The fourth-order valence-electron chi connectivity index (χ4n) is 2.45. The Balaban J connectivity index is 1.77. The van der Waals surface area contributed by atoms with E-state index in [-0.39, 0.29) is 0 Å². The van der Waals surface area contributed by atoms with Gasteiger partial charge in [0.2, 0.25) is 0 Å². The summed E-state index contributed by atoms with van der Waals surface area (Å²) in [4.78, 5) is 2.72. The minimum Gasteiger partial charge on any atom is -0.311 e. The minimum absolute atomic E-state index is 0.852. The van der Waals surface area contributed by atoms with Gasteiger partial charge in [0.15, 0.2) is 0 Å². The zero-order chi connectivity index (χ0) is 6.55. The van der Waals surface area contributed by atoms with Crippen molar-refractivity contribution in [2.45, 2.75) is 37.4 Å². The molecule has 2 unspecified atom stereocenters. The first kappa shape index (κ1) is 5.56. The lowest BCUT2D eigenvalue weighted by molar-refractivity contribution is 0.216. The van der Waals surface area contributed by atoms with E-state index < -0.39 is 0 Å². The molecule has 2 aliphatic heterocycles. The second kappa shape index (κ2) is 1.74. The first-order valence-electron chi connectivity index (χ1n) is 4.42. The van der Waals surface area contributed by atoms with Crippen molar-refractivity contribution >= 4 is 0 Å².